The second-order valence-electron chi connectivity index (χ2n) is 5.23. The molecule has 0 aliphatic heterocycles. The molecule has 0 fully saturated rings. The van der Waals surface area contributed by atoms with E-state index in [2.05, 4.69) is 10.3 Å². The molecule has 21 heavy (non-hydrogen) atoms. The maximum Gasteiger partial charge on any atom is 0.253 e. The van der Waals surface area contributed by atoms with Crippen molar-refractivity contribution in [3.05, 3.63) is 58.4 Å². The monoisotopic (exact) mass is 301 g/mol. The summed E-state index contributed by atoms with van der Waals surface area (Å²) in [5.41, 5.74) is 9.41. The van der Waals surface area contributed by atoms with Crippen LogP contribution < -0.4 is 11.1 Å². The number of amides is 1. The molecule has 1 aliphatic carbocycles. The van der Waals surface area contributed by atoms with E-state index in [0.717, 1.165) is 30.5 Å². The summed E-state index contributed by atoms with van der Waals surface area (Å²) >= 11 is 6.02. The summed E-state index contributed by atoms with van der Waals surface area (Å²) in [7, 11) is 0. The summed E-state index contributed by atoms with van der Waals surface area (Å²) in [4.78, 5) is 16.3. The predicted molar refractivity (Wildman–Crippen MR) is 83.2 cm³/mol. The van der Waals surface area contributed by atoms with Crippen LogP contribution in [0.4, 0.5) is 5.69 Å². The van der Waals surface area contributed by atoms with E-state index < -0.39 is 0 Å². The summed E-state index contributed by atoms with van der Waals surface area (Å²) in [6, 6.07) is 7.51. The highest BCUT2D eigenvalue weighted by atomic mass is 35.5. The van der Waals surface area contributed by atoms with Gasteiger partial charge in [-0.25, -0.2) is 0 Å². The highest BCUT2D eigenvalue weighted by Crippen LogP contribution is 2.31. The smallest absolute Gasteiger partial charge is 0.253 e. The van der Waals surface area contributed by atoms with Gasteiger partial charge < -0.3 is 11.1 Å². The second-order valence-corrected chi connectivity index (χ2v) is 5.64. The molecule has 0 saturated heterocycles. The van der Waals surface area contributed by atoms with Crippen LogP contribution in [0.3, 0.4) is 0 Å². The van der Waals surface area contributed by atoms with Gasteiger partial charge in [-0.3, -0.25) is 9.78 Å². The fraction of sp³-hybridized carbons (Fsp3) is 0.250. The molecule has 4 nitrogen and oxygen atoms in total. The number of halogens is 1. The Balaban J connectivity index is 1.84. The summed E-state index contributed by atoms with van der Waals surface area (Å²) < 4.78 is 0. The van der Waals surface area contributed by atoms with E-state index in [1.165, 1.54) is 11.8 Å². The van der Waals surface area contributed by atoms with E-state index in [1.807, 2.05) is 18.2 Å². The molecule has 5 heteroatoms. The van der Waals surface area contributed by atoms with Crippen LogP contribution in [-0.4, -0.2) is 10.9 Å². The van der Waals surface area contributed by atoms with E-state index in [4.69, 9.17) is 17.3 Å². The van der Waals surface area contributed by atoms with Crippen molar-refractivity contribution in [2.75, 3.05) is 5.73 Å². The Hall–Kier alpha value is -2.07. The first-order valence-corrected chi connectivity index (χ1v) is 7.31. The Labute approximate surface area is 128 Å². The summed E-state index contributed by atoms with van der Waals surface area (Å²) in [5, 5.41) is 3.42. The van der Waals surface area contributed by atoms with Crippen molar-refractivity contribution >= 4 is 23.2 Å². The molecule has 1 aliphatic rings. The average molecular weight is 302 g/mol. The van der Waals surface area contributed by atoms with Crippen LogP contribution in [0.5, 0.6) is 0 Å². The van der Waals surface area contributed by atoms with Gasteiger partial charge in [-0.15, -0.1) is 0 Å². The molecule has 0 bridgehead atoms. The number of fused-ring (bicyclic) bond motifs is 1. The molecule has 0 spiro atoms. The van der Waals surface area contributed by atoms with Crippen molar-refractivity contribution in [1.82, 2.24) is 10.3 Å². The number of aryl methyl sites for hydroxylation is 1. The normalized spacial score (nSPS) is 17.1. The van der Waals surface area contributed by atoms with Gasteiger partial charge >= 0.3 is 0 Å². The summed E-state index contributed by atoms with van der Waals surface area (Å²) in [6.07, 6.45) is 6.00. The van der Waals surface area contributed by atoms with Crippen LogP contribution in [-0.2, 0) is 6.42 Å². The van der Waals surface area contributed by atoms with Crippen molar-refractivity contribution in [3.8, 4) is 0 Å². The third-order valence-electron chi connectivity index (χ3n) is 3.80. The van der Waals surface area contributed by atoms with Crippen LogP contribution >= 0.6 is 11.6 Å². The van der Waals surface area contributed by atoms with Gasteiger partial charge in [-0.2, -0.15) is 0 Å². The molecule has 1 amide bonds. The van der Waals surface area contributed by atoms with Gasteiger partial charge in [0.25, 0.3) is 5.91 Å². The molecule has 0 radical (unpaired) electrons. The largest absolute Gasteiger partial charge is 0.399 e. The first-order chi connectivity index (χ1) is 10.1. The summed E-state index contributed by atoms with van der Waals surface area (Å²) in [6.45, 7) is 0. The lowest BCUT2D eigenvalue weighted by Gasteiger charge is -2.26. The molecule has 1 aromatic carbocycles. The topological polar surface area (TPSA) is 68.0 Å². The third-order valence-corrected chi connectivity index (χ3v) is 4.10. The maximum absolute atomic E-state index is 12.4. The Morgan fingerprint density at radius 1 is 1.38 bits per heavy atom. The third kappa shape index (κ3) is 2.85. The van der Waals surface area contributed by atoms with Gasteiger partial charge in [-0.1, -0.05) is 17.7 Å². The van der Waals surface area contributed by atoms with E-state index in [9.17, 15) is 4.79 Å². The number of aromatic nitrogens is 1. The van der Waals surface area contributed by atoms with Gasteiger partial charge in [-0.05, 0) is 48.6 Å². The lowest BCUT2D eigenvalue weighted by atomic mass is 9.87. The number of benzene rings is 1. The van der Waals surface area contributed by atoms with E-state index in [0.29, 0.717) is 10.6 Å². The number of pyridine rings is 1. The molecule has 1 atom stereocenters. The van der Waals surface area contributed by atoms with Crippen molar-refractivity contribution in [2.24, 2.45) is 0 Å². The van der Waals surface area contributed by atoms with Gasteiger partial charge in [0.15, 0.2) is 0 Å². The second kappa shape index (κ2) is 5.74. The molecule has 1 aromatic heterocycles. The van der Waals surface area contributed by atoms with E-state index in [1.54, 1.807) is 12.3 Å². The molecule has 108 valence electrons. The zero-order chi connectivity index (χ0) is 14.8. The zero-order valence-electron chi connectivity index (χ0n) is 11.5. The standard InChI is InChI=1S/C16H16ClN3O/c17-14-9-19-7-6-13(14)16(21)20-15-3-1-2-10-8-11(18)4-5-12(10)15/h4-9,15H,1-3,18H2,(H,20,21). The Kier molecular flexibility index (Phi) is 3.80. The molecule has 0 saturated carbocycles. The number of hydrogen-bond acceptors (Lipinski definition) is 3. The SMILES string of the molecule is Nc1ccc2c(c1)CCCC2NC(=O)c1ccncc1Cl. The number of nitrogen functional groups attached to an aromatic ring is 1. The number of carbonyl (C=O) groups is 1. The van der Waals surface area contributed by atoms with Crippen LogP contribution in [0, 0.1) is 0 Å². The number of rotatable bonds is 2. The van der Waals surface area contributed by atoms with Gasteiger partial charge in [0, 0.05) is 18.1 Å². The highest BCUT2D eigenvalue weighted by Gasteiger charge is 2.23. The van der Waals surface area contributed by atoms with Crippen LogP contribution in [0.15, 0.2) is 36.7 Å². The number of anilines is 1. The fourth-order valence-corrected chi connectivity index (χ4v) is 2.98. The Bertz CT molecular complexity index is 687. The minimum absolute atomic E-state index is 0.00563. The fourth-order valence-electron chi connectivity index (χ4n) is 2.78. The Morgan fingerprint density at radius 3 is 3.05 bits per heavy atom. The number of nitrogens with two attached hydrogens (primary N) is 1. The predicted octanol–water partition coefficient (Wildman–Crippen LogP) is 3.12. The highest BCUT2D eigenvalue weighted by molar-refractivity contribution is 6.33. The molecule has 3 rings (SSSR count). The molecular weight excluding hydrogens is 286 g/mol. The van der Waals surface area contributed by atoms with Crippen LogP contribution in [0.25, 0.3) is 0 Å². The zero-order valence-corrected chi connectivity index (χ0v) is 12.2. The number of hydrogen-bond donors (Lipinski definition) is 2. The summed E-state index contributed by atoms with van der Waals surface area (Å²) in [5.74, 6) is -0.169. The van der Waals surface area contributed by atoms with Crippen molar-refractivity contribution in [2.45, 2.75) is 25.3 Å². The first-order valence-electron chi connectivity index (χ1n) is 6.94. The lowest BCUT2D eigenvalue weighted by molar-refractivity contribution is 0.0933. The van der Waals surface area contributed by atoms with Gasteiger partial charge in [0.1, 0.15) is 0 Å². The molecule has 3 N–H and O–H groups in total. The van der Waals surface area contributed by atoms with Crippen molar-refractivity contribution in [1.29, 1.82) is 0 Å². The number of carbonyl (C=O) groups excluding carboxylic acids is 1. The molecule has 1 heterocycles. The van der Waals surface area contributed by atoms with Gasteiger partial charge in [0.2, 0.25) is 0 Å². The van der Waals surface area contributed by atoms with Crippen LogP contribution in [0.2, 0.25) is 5.02 Å². The molecule has 1 unspecified atom stereocenters. The maximum atomic E-state index is 12.4. The van der Waals surface area contributed by atoms with Crippen molar-refractivity contribution < 1.29 is 4.79 Å². The Morgan fingerprint density at radius 2 is 2.24 bits per heavy atom. The number of nitrogens with one attached hydrogen (secondary N) is 1. The van der Waals surface area contributed by atoms with E-state index >= 15 is 0 Å². The minimum Gasteiger partial charge on any atom is -0.399 e. The van der Waals surface area contributed by atoms with Crippen LogP contribution in [0.1, 0.15) is 40.4 Å². The quantitative estimate of drug-likeness (QED) is 0.837. The number of nitrogens with zero attached hydrogens (tertiary/aromatic N) is 1. The lowest BCUT2D eigenvalue weighted by Crippen LogP contribution is -2.31. The van der Waals surface area contributed by atoms with Gasteiger partial charge in [0.05, 0.1) is 16.6 Å². The minimum atomic E-state index is -0.169. The van der Waals surface area contributed by atoms with E-state index in [-0.39, 0.29) is 11.9 Å². The molecule has 2 aromatic rings. The van der Waals surface area contributed by atoms with Crippen molar-refractivity contribution in [3.63, 3.8) is 0 Å². The first kappa shape index (κ1) is 13.9. The average Bonchev–Trinajstić information content (AvgIpc) is 2.47. The molecular formula is C16H16ClN3O.